The van der Waals surface area contributed by atoms with Crippen LogP contribution in [0.4, 0.5) is 0 Å². The summed E-state index contributed by atoms with van der Waals surface area (Å²) >= 11 is 0. The van der Waals surface area contributed by atoms with Crippen LogP contribution >= 0.6 is 0 Å². The van der Waals surface area contributed by atoms with Gasteiger partial charge in [0.25, 0.3) is 0 Å². The van der Waals surface area contributed by atoms with E-state index >= 15 is 0 Å². The minimum absolute atomic E-state index is 1.32. The molecule has 1 rings (SSSR count). The van der Waals surface area contributed by atoms with Crippen LogP contribution in [-0.2, 0) is 0 Å². The summed E-state index contributed by atoms with van der Waals surface area (Å²) in [6, 6.07) is 0. The summed E-state index contributed by atoms with van der Waals surface area (Å²) in [6.45, 7) is 0. The molecule has 0 aromatic carbocycles. The van der Waals surface area contributed by atoms with Gasteiger partial charge in [0.1, 0.15) is 0 Å². The Kier molecular flexibility index (Phi) is 15.4. The summed E-state index contributed by atoms with van der Waals surface area (Å²) in [4.78, 5) is 0. The van der Waals surface area contributed by atoms with E-state index < -0.39 is 0 Å². The van der Waals surface area contributed by atoms with E-state index in [-0.39, 0.29) is 0 Å². The number of hydrogen-bond acceptors (Lipinski definition) is 0. The fourth-order valence-corrected chi connectivity index (χ4v) is 3.59. The van der Waals surface area contributed by atoms with E-state index in [1.165, 1.54) is 128 Å². The predicted molar refractivity (Wildman–Crippen MR) is 101 cm³/mol. The summed E-state index contributed by atoms with van der Waals surface area (Å²) in [5, 5.41) is 0. The highest BCUT2D eigenvalue weighted by Gasteiger charge is 1.95. The topological polar surface area (TPSA) is 0 Å². The highest BCUT2D eigenvalue weighted by Crippen LogP contribution is 2.15. The molecule has 0 heterocycles. The maximum absolute atomic E-state index is 2.44. The second-order valence-corrected chi connectivity index (χ2v) is 7.41. The zero-order valence-corrected chi connectivity index (χ0v) is 15.3. The lowest BCUT2D eigenvalue weighted by Crippen LogP contribution is -1.84. The Bertz CT molecular complexity index is 204. The van der Waals surface area contributed by atoms with Crippen molar-refractivity contribution in [2.45, 2.75) is 128 Å². The zero-order chi connectivity index (χ0) is 15.6. The second kappa shape index (κ2) is 17.1. The van der Waals surface area contributed by atoms with Crippen LogP contribution in [-0.4, -0.2) is 0 Å². The second-order valence-electron chi connectivity index (χ2n) is 7.41. The molecule has 0 fully saturated rings. The molecule has 0 aromatic heterocycles. The van der Waals surface area contributed by atoms with Crippen LogP contribution in [0.15, 0.2) is 12.2 Å². The Hall–Kier alpha value is -0.260. The van der Waals surface area contributed by atoms with Crippen molar-refractivity contribution in [1.82, 2.24) is 0 Å². The zero-order valence-electron chi connectivity index (χ0n) is 15.3. The Morgan fingerprint density at radius 2 is 0.409 bits per heavy atom. The monoisotopic (exact) mass is 306 g/mol. The van der Waals surface area contributed by atoms with Crippen molar-refractivity contribution in [2.24, 2.45) is 0 Å². The SMILES string of the molecule is C1=C/CCCCCCCCCCCCCCCCCCCC/1. The highest BCUT2D eigenvalue weighted by molar-refractivity contribution is 4.81. The van der Waals surface area contributed by atoms with Gasteiger partial charge in [0.2, 0.25) is 0 Å². The van der Waals surface area contributed by atoms with Crippen molar-refractivity contribution in [3.8, 4) is 0 Å². The standard InChI is InChI=1S/C22H42/c1-2-4-6-8-10-12-14-16-18-20-22-21-19-17-15-13-11-9-7-5-3-1/h1-2H,3-22H2/b2-1+. The van der Waals surface area contributed by atoms with E-state index in [9.17, 15) is 0 Å². The van der Waals surface area contributed by atoms with Crippen molar-refractivity contribution in [2.75, 3.05) is 0 Å². The van der Waals surface area contributed by atoms with Gasteiger partial charge in [-0.05, 0) is 25.7 Å². The molecule has 0 aromatic rings. The third kappa shape index (κ3) is 14.7. The van der Waals surface area contributed by atoms with E-state index in [0.717, 1.165) is 0 Å². The first-order valence-corrected chi connectivity index (χ1v) is 10.6. The van der Waals surface area contributed by atoms with E-state index in [0.29, 0.717) is 0 Å². The molecule has 0 atom stereocenters. The lowest BCUT2D eigenvalue weighted by atomic mass is 10.0. The molecule has 22 heavy (non-hydrogen) atoms. The molecule has 0 saturated heterocycles. The summed E-state index contributed by atoms with van der Waals surface area (Å²) in [6.07, 6.45) is 34.0. The van der Waals surface area contributed by atoms with Crippen molar-refractivity contribution >= 4 is 0 Å². The normalized spacial score (nSPS) is 24.7. The first-order valence-electron chi connectivity index (χ1n) is 10.6. The molecule has 0 saturated carbocycles. The third-order valence-corrected chi connectivity index (χ3v) is 5.16. The van der Waals surface area contributed by atoms with Crippen LogP contribution in [0, 0.1) is 0 Å². The largest absolute Gasteiger partial charge is 0.0885 e. The van der Waals surface area contributed by atoms with Gasteiger partial charge in [0, 0.05) is 0 Å². The van der Waals surface area contributed by atoms with E-state index in [1.807, 2.05) is 0 Å². The maximum Gasteiger partial charge on any atom is -0.0351 e. The molecule has 130 valence electrons. The molecule has 0 N–H and O–H groups in total. The minimum atomic E-state index is 1.32. The highest BCUT2D eigenvalue weighted by atomic mass is 14.0. The molecular formula is C22H42. The average molecular weight is 307 g/mol. The van der Waals surface area contributed by atoms with Gasteiger partial charge in [0.05, 0.1) is 0 Å². The summed E-state index contributed by atoms with van der Waals surface area (Å²) in [5.41, 5.74) is 0. The molecule has 0 bridgehead atoms. The van der Waals surface area contributed by atoms with Crippen LogP contribution in [0.2, 0.25) is 0 Å². The Morgan fingerprint density at radius 1 is 0.227 bits per heavy atom. The summed E-state index contributed by atoms with van der Waals surface area (Å²) in [5.74, 6) is 0. The van der Waals surface area contributed by atoms with Crippen molar-refractivity contribution in [1.29, 1.82) is 0 Å². The van der Waals surface area contributed by atoms with Crippen LogP contribution in [0.25, 0.3) is 0 Å². The Labute approximate surface area is 141 Å². The van der Waals surface area contributed by atoms with Gasteiger partial charge in [-0.15, -0.1) is 0 Å². The molecule has 0 aliphatic heterocycles. The van der Waals surface area contributed by atoms with Gasteiger partial charge in [-0.25, -0.2) is 0 Å². The number of rotatable bonds is 0. The lowest BCUT2D eigenvalue weighted by molar-refractivity contribution is 0.523. The van der Waals surface area contributed by atoms with Crippen LogP contribution in [0.3, 0.4) is 0 Å². The number of hydrogen-bond donors (Lipinski definition) is 0. The number of allylic oxidation sites excluding steroid dienone is 2. The first-order chi connectivity index (χ1) is 11.0. The molecule has 1 aliphatic carbocycles. The van der Waals surface area contributed by atoms with E-state index in [2.05, 4.69) is 12.2 Å². The average Bonchev–Trinajstić information content (AvgIpc) is 2.53. The fraction of sp³-hybridized carbons (Fsp3) is 0.909. The molecule has 0 amide bonds. The third-order valence-electron chi connectivity index (χ3n) is 5.16. The Morgan fingerprint density at radius 3 is 0.636 bits per heavy atom. The van der Waals surface area contributed by atoms with Gasteiger partial charge in [-0.2, -0.15) is 0 Å². The van der Waals surface area contributed by atoms with Gasteiger partial charge < -0.3 is 0 Å². The molecular weight excluding hydrogens is 264 g/mol. The molecule has 0 radical (unpaired) electrons. The smallest absolute Gasteiger partial charge is 0.0351 e. The summed E-state index contributed by atoms with van der Waals surface area (Å²) in [7, 11) is 0. The van der Waals surface area contributed by atoms with Crippen molar-refractivity contribution < 1.29 is 0 Å². The van der Waals surface area contributed by atoms with E-state index in [4.69, 9.17) is 0 Å². The molecule has 1 aliphatic rings. The molecule has 0 unspecified atom stereocenters. The lowest BCUT2D eigenvalue weighted by Gasteiger charge is -2.04. The van der Waals surface area contributed by atoms with Gasteiger partial charge >= 0.3 is 0 Å². The van der Waals surface area contributed by atoms with Crippen molar-refractivity contribution in [3.63, 3.8) is 0 Å². The predicted octanol–water partition coefficient (Wildman–Crippen LogP) is 8.36. The molecule has 0 spiro atoms. The van der Waals surface area contributed by atoms with Crippen LogP contribution in [0.5, 0.6) is 0 Å². The van der Waals surface area contributed by atoms with Crippen LogP contribution in [0.1, 0.15) is 128 Å². The molecule has 0 nitrogen and oxygen atoms in total. The van der Waals surface area contributed by atoms with Gasteiger partial charge in [-0.1, -0.05) is 115 Å². The maximum atomic E-state index is 2.44. The molecule has 0 heteroatoms. The minimum Gasteiger partial charge on any atom is -0.0885 e. The van der Waals surface area contributed by atoms with Crippen LogP contribution < -0.4 is 0 Å². The quantitative estimate of drug-likeness (QED) is 0.394. The summed E-state index contributed by atoms with van der Waals surface area (Å²) < 4.78 is 0. The first kappa shape index (κ1) is 19.8. The van der Waals surface area contributed by atoms with Crippen molar-refractivity contribution in [3.05, 3.63) is 12.2 Å². The fourth-order valence-electron chi connectivity index (χ4n) is 3.59. The van der Waals surface area contributed by atoms with E-state index in [1.54, 1.807) is 0 Å². The van der Waals surface area contributed by atoms with Gasteiger partial charge in [-0.3, -0.25) is 0 Å². The Balaban J connectivity index is 2.05. The van der Waals surface area contributed by atoms with Gasteiger partial charge in [0.15, 0.2) is 0 Å².